The first kappa shape index (κ1) is 5.70. The first-order valence-electron chi connectivity index (χ1n) is 1.54. The van der Waals surface area contributed by atoms with E-state index >= 15 is 0 Å². The Morgan fingerprint density at radius 1 is 1.86 bits per heavy atom. The van der Waals surface area contributed by atoms with Gasteiger partial charge in [0.05, 0.1) is 0 Å². The zero-order chi connectivity index (χ0) is 5.70. The van der Waals surface area contributed by atoms with Crippen LogP contribution in [-0.4, -0.2) is 11.4 Å². The fourth-order valence-electron chi connectivity index (χ4n) is 0.0856. The molecule has 0 unspecified atom stereocenters. The molecule has 3 nitrogen and oxygen atoms in total. The summed E-state index contributed by atoms with van der Waals surface area (Å²) in [4.78, 5) is 9.52. The topological polar surface area (TPSA) is 61.1 Å². The Kier molecular flexibility index (Phi) is 2.37. The molecule has 0 fully saturated rings. The summed E-state index contributed by atoms with van der Waals surface area (Å²) in [6.07, 6.45) is 0.743. The van der Waals surface area contributed by atoms with Crippen LogP contribution in [0, 0.1) is 11.3 Å². The van der Waals surface area contributed by atoms with Crippen molar-refractivity contribution in [1.82, 2.24) is 0 Å². The van der Waals surface area contributed by atoms with Crippen molar-refractivity contribution in [1.29, 1.82) is 5.26 Å². The molecule has 0 rings (SSSR count). The molecule has 3 heteroatoms. The number of allylic oxidation sites excluding steroid dienone is 1. The maximum atomic E-state index is 9.52. The van der Waals surface area contributed by atoms with E-state index in [9.17, 15) is 4.79 Å². The summed E-state index contributed by atoms with van der Waals surface area (Å²) in [6.45, 7) is 0. The Hall–Kier alpha value is -1.30. The summed E-state index contributed by atoms with van der Waals surface area (Å²) in [5, 5.41) is 15.7. The van der Waals surface area contributed by atoms with E-state index in [1.54, 1.807) is 0 Å². The molecule has 0 aliphatic carbocycles. The molecule has 0 atom stereocenters. The molecule has 0 saturated heterocycles. The molecule has 0 aliphatic heterocycles. The van der Waals surface area contributed by atoms with Gasteiger partial charge in [0.1, 0.15) is 17.9 Å². The molecule has 0 aromatic heterocycles. The van der Waals surface area contributed by atoms with Gasteiger partial charge in [0.2, 0.25) is 0 Å². The van der Waals surface area contributed by atoms with Crippen LogP contribution in [0.15, 0.2) is 11.8 Å². The minimum Gasteiger partial charge on any atom is -0.514 e. The smallest absolute Gasteiger partial charge is 0.163 e. The Labute approximate surface area is 40.5 Å². The van der Waals surface area contributed by atoms with Gasteiger partial charge in [0.15, 0.2) is 6.29 Å². The third-order valence-corrected chi connectivity index (χ3v) is 0.395. The van der Waals surface area contributed by atoms with Crippen LogP contribution in [0.2, 0.25) is 0 Å². The van der Waals surface area contributed by atoms with Crippen LogP contribution >= 0.6 is 0 Å². The van der Waals surface area contributed by atoms with Gasteiger partial charge in [0.25, 0.3) is 0 Å². The summed E-state index contributed by atoms with van der Waals surface area (Å²) < 4.78 is 0. The van der Waals surface area contributed by atoms with Crippen LogP contribution < -0.4 is 0 Å². The molecule has 0 aromatic rings. The minimum absolute atomic E-state index is 0.264. The highest BCUT2D eigenvalue weighted by Gasteiger charge is 1.84. The van der Waals surface area contributed by atoms with Gasteiger partial charge >= 0.3 is 0 Å². The molecule has 0 amide bonds. The minimum atomic E-state index is -0.264. The van der Waals surface area contributed by atoms with E-state index in [1.165, 1.54) is 6.07 Å². The molecule has 0 spiro atoms. The fourth-order valence-corrected chi connectivity index (χ4v) is 0.0856. The maximum absolute atomic E-state index is 9.52. The van der Waals surface area contributed by atoms with Gasteiger partial charge in [-0.15, -0.1) is 0 Å². The molecule has 0 aliphatic rings. The number of nitrogens with zero attached hydrogens (tertiary/aromatic N) is 1. The Morgan fingerprint density at radius 2 is 2.43 bits per heavy atom. The average Bonchev–Trinajstić information content (AvgIpc) is 1.72. The predicted octanol–water partition coefficient (Wildman–Crippen LogP) is 0.151. The van der Waals surface area contributed by atoms with Crippen molar-refractivity contribution in [2.75, 3.05) is 0 Å². The number of aliphatic hydroxyl groups is 1. The number of hydrogen-bond donors (Lipinski definition) is 1. The molecule has 0 radical (unpaired) electrons. The van der Waals surface area contributed by atoms with Crippen molar-refractivity contribution in [3.8, 4) is 6.07 Å². The predicted molar refractivity (Wildman–Crippen MR) is 22.4 cm³/mol. The van der Waals surface area contributed by atoms with Crippen molar-refractivity contribution < 1.29 is 9.90 Å². The van der Waals surface area contributed by atoms with Gasteiger partial charge in [-0.25, -0.2) is 0 Å². The second-order valence-corrected chi connectivity index (χ2v) is 0.814. The third-order valence-electron chi connectivity index (χ3n) is 0.395. The van der Waals surface area contributed by atoms with Crippen LogP contribution in [0.5, 0.6) is 0 Å². The summed E-state index contributed by atoms with van der Waals surface area (Å²) in [5.41, 5.74) is -0.264. The lowest BCUT2D eigenvalue weighted by molar-refractivity contribution is -0.104. The monoisotopic (exact) mass is 97.0 g/mol. The van der Waals surface area contributed by atoms with Gasteiger partial charge in [-0.1, -0.05) is 0 Å². The summed E-state index contributed by atoms with van der Waals surface area (Å²) >= 11 is 0. The van der Waals surface area contributed by atoms with Gasteiger partial charge in [-0.2, -0.15) is 5.26 Å². The molecule has 0 aromatic carbocycles. The normalized spacial score (nSPS) is 9.86. The van der Waals surface area contributed by atoms with Crippen molar-refractivity contribution >= 4 is 6.29 Å². The van der Waals surface area contributed by atoms with Gasteiger partial charge in [0, 0.05) is 0 Å². The van der Waals surface area contributed by atoms with E-state index in [2.05, 4.69) is 0 Å². The second-order valence-electron chi connectivity index (χ2n) is 0.814. The Bertz CT molecular complexity index is 131. The average molecular weight is 97.1 g/mol. The number of carbonyl (C=O) groups excluding carboxylic acids is 1. The van der Waals surface area contributed by atoms with Crippen LogP contribution in [0.1, 0.15) is 0 Å². The molecule has 7 heavy (non-hydrogen) atoms. The summed E-state index contributed by atoms with van der Waals surface area (Å²) in [6, 6.07) is 1.44. The first-order chi connectivity index (χ1) is 3.35. The standard InChI is InChI=1S/C4H3NO2/c5-1-4(2-6)3-7/h2-3,6H/b4-2-. The Balaban J connectivity index is 3.94. The second kappa shape index (κ2) is 2.91. The SMILES string of the molecule is N#C/C(C=O)=C/O. The quantitative estimate of drug-likeness (QED) is 0.219. The summed E-state index contributed by atoms with van der Waals surface area (Å²) in [5.74, 6) is 0. The molecule has 0 saturated carbocycles. The molecular formula is C4H3NO2. The highest BCUT2D eigenvalue weighted by molar-refractivity contribution is 5.78. The lowest BCUT2D eigenvalue weighted by atomic mass is 10.4. The lowest BCUT2D eigenvalue weighted by Crippen LogP contribution is -1.75. The Morgan fingerprint density at radius 3 is 2.43 bits per heavy atom. The van der Waals surface area contributed by atoms with E-state index in [-0.39, 0.29) is 11.9 Å². The highest BCUT2D eigenvalue weighted by Crippen LogP contribution is 1.78. The number of aliphatic hydroxyl groups excluding tert-OH is 1. The van der Waals surface area contributed by atoms with Crippen LogP contribution in [0.4, 0.5) is 0 Å². The number of aldehydes is 1. The highest BCUT2D eigenvalue weighted by atomic mass is 16.2. The zero-order valence-electron chi connectivity index (χ0n) is 3.46. The molecule has 0 heterocycles. The maximum Gasteiger partial charge on any atom is 0.163 e. The fraction of sp³-hybridized carbons (Fsp3) is 0. The lowest BCUT2D eigenvalue weighted by Gasteiger charge is -1.70. The van der Waals surface area contributed by atoms with Gasteiger partial charge in [-0.05, 0) is 0 Å². The molecule has 0 bridgehead atoms. The number of nitriles is 1. The van der Waals surface area contributed by atoms with E-state index in [0.717, 1.165) is 0 Å². The molecule has 36 valence electrons. The molecular weight excluding hydrogens is 94.0 g/mol. The van der Waals surface area contributed by atoms with E-state index in [4.69, 9.17) is 10.4 Å². The van der Waals surface area contributed by atoms with Gasteiger partial charge in [-0.3, -0.25) is 4.79 Å². The first-order valence-corrected chi connectivity index (χ1v) is 1.54. The van der Waals surface area contributed by atoms with Crippen molar-refractivity contribution in [2.45, 2.75) is 0 Å². The van der Waals surface area contributed by atoms with E-state index in [1.807, 2.05) is 0 Å². The van der Waals surface area contributed by atoms with Crippen LogP contribution in [0.25, 0.3) is 0 Å². The number of hydrogen-bond acceptors (Lipinski definition) is 3. The zero-order valence-corrected chi connectivity index (χ0v) is 3.46. The van der Waals surface area contributed by atoms with Crippen molar-refractivity contribution in [3.63, 3.8) is 0 Å². The van der Waals surface area contributed by atoms with Crippen molar-refractivity contribution in [3.05, 3.63) is 11.8 Å². The molecule has 1 N–H and O–H groups in total. The van der Waals surface area contributed by atoms with Crippen LogP contribution in [-0.2, 0) is 4.79 Å². The number of carbonyl (C=O) groups is 1. The largest absolute Gasteiger partial charge is 0.514 e. The van der Waals surface area contributed by atoms with Crippen LogP contribution in [0.3, 0.4) is 0 Å². The summed E-state index contributed by atoms with van der Waals surface area (Å²) in [7, 11) is 0. The van der Waals surface area contributed by atoms with Crippen molar-refractivity contribution in [2.24, 2.45) is 0 Å². The van der Waals surface area contributed by atoms with E-state index in [0.29, 0.717) is 6.26 Å². The number of rotatable bonds is 1. The third kappa shape index (κ3) is 1.55. The van der Waals surface area contributed by atoms with Gasteiger partial charge < -0.3 is 5.11 Å². The van der Waals surface area contributed by atoms with E-state index < -0.39 is 0 Å².